The van der Waals surface area contributed by atoms with Gasteiger partial charge in [-0.15, -0.1) is 0 Å². The molecular weight excluding hydrogens is 188 g/mol. The molecule has 80 valence electrons. The lowest BCUT2D eigenvalue weighted by atomic mass is 10.2. The van der Waals surface area contributed by atoms with Gasteiger partial charge in [0.05, 0.1) is 24.3 Å². The van der Waals surface area contributed by atoms with Crippen molar-refractivity contribution in [2.24, 2.45) is 5.92 Å². The standard InChI is InChI=1S/C12H16N2O/c1-3-15-12-7-5-4-6-11(12)14-9-10(2)8-13/h4-7,10,14H,3,9H2,1-2H3. The molecule has 0 spiro atoms. The van der Waals surface area contributed by atoms with Crippen molar-refractivity contribution in [2.45, 2.75) is 13.8 Å². The van der Waals surface area contributed by atoms with Crippen molar-refractivity contribution in [1.82, 2.24) is 0 Å². The molecule has 0 heterocycles. The maximum Gasteiger partial charge on any atom is 0.142 e. The molecule has 0 aliphatic carbocycles. The van der Waals surface area contributed by atoms with Crippen LogP contribution in [0.25, 0.3) is 0 Å². The van der Waals surface area contributed by atoms with E-state index in [0.29, 0.717) is 13.2 Å². The minimum Gasteiger partial charge on any atom is -0.492 e. The number of hydrogen-bond acceptors (Lipinski definition) is 3. The zero-order valence-corrected chi connectivity index (χ0v) is 9.16. The molecular formula is C12H16N2O. The third-order valence-corrected chi connectivity index (χ3v) is 2.01. The summed E-state index contributed by atoms with van der Waals surface area (Å²) in [6, 6.07) is 9.94. The summed E-state index contributed by atoms with van der Waals surface area (Å²) in [5.74, 6) is 0.838. The lowest BCUT2D eigenvalue weighted by molar-refractivity contribution is 0.341. The fourth-order valence-corrected chi connectivity index (χ4v) is 1.20. The van der Waals surface area contributed by atoms with Gasteiger partial charge in [0.25, 0.3) is 0 Å². The highest BCUT2D eigenvalue weighted by Gasteiger charge is 2.03. The van der Waals surface area contributed by atoms with E-state index in [-0.39, 0.29) is 5.92 Å². The van der Waals surface area contributed by atoms with Gasteiger partial charge >= 0.3 is 0 Å². The SMILES string of the molecule is CCOc1ccccc1NCC(C)C#N. The average molecular weight is 204 g/mol. The first-order valence-corrected chi connectivity index (χ1v) is 5.13. The van der Waals surface area contributed by atoms with Crippen LogP contribution in [0.5, 0.6) is 5.75 Å². The van der Waals surface area contributed by atoms with E-state index in [2.05, 4.69) is 11.4 Å². The van der Waals surface area contributed by atoms with Crippen molar-refractivity contribution in [3.63, 3.8) is 0 Å². The molecule has 0 saturated heterocycles. The number of para-hydroxylation sites is 2. The predicted octanol–water partition coefficient (Wildman–Crippen LogP) is 2.66. The number of anilines is 1. The van der Waals surface area contributed by atoms with Crippen LogP contribution in [0.2, 0.25) is 0 Å². The van der Waals surface area contributed by atoms with E-state index in [0.717, 1.165) is 11.4 Å². The Morgan fingerprint density at radius 1 is 1.47 bits per heavy atom. The number of benzene rings is 1. The number of rotatable bonds is 5. The highest BCUT2D eigenvalue weighted by atomic mass is 16.5. The van der Waals surface area contributed by atoms with Crippen LogP contribution in [-0.4, -0.2) is 13.2 Å². The zero-order chi connectivity index (χ0) is 11.1. The van der Waals surface area contributed by atoms with Crippen molar-refractivity contribution < 1.29 is 4.74 Å². The first-order valence-electron chi connectivity index (χ1n) is 5.13. The molecule has 3 nitrogen and oxygen atoms in total. The summed E-state index contributed by atoms with van der Waals surface area (Å²) >= 11 is 0. The summed E-state index contributed by atoms with van der Waals surface area (Å²) < 4.78 is 5.46. The molecule has 15 heavy (non-hydrogen) atoms. The molecule has 1 atom stereocenters. The Morgan fingerprint density at radius 2 is 2.20 bits per heavy atom. The minimum absolute atomic E-state index is 0.000294. The third-order valence-electron chi connectivity index (χ3n) is 2.01. The summed E-state index contributed by atoms with van der Waals surface area (Å²) in [5.41, 5.74) is 0.946. The normalized spacial score (nSPS) is 11.5. The molecule has 0 bridgehead atoms. The maximum absolute atomic E-state index is 8.66. The molecule has 0 radical (unpaired) electrons. The summed E-state index contributed by atoms with van der Waals surface area (Å²) in [7, 11) is 0. The van der Waals surface area contributed by atoms with Gasteiger partial charge in [-0.1, -0.05) is 12.1 Å². The molecule has 1 N–H and O–H groups in total. The zero-order valence-electron chi connectivity index (χ0n) is 9.16. The van der Waals surface area contributed by atoms with Crippen LogP contribution in [0, 0.1) is 17.2 Å². The van der Waals surface area contributed by atoms with Crippen molar-refractivity contribution >= 4 is 5.69 Å². The average Bonchev–Trinajstić information content (AvgIpc) is 2.28. The summed E-state index contributed by atoms with van der Waals surface area (Å²) in [5, 5.41) is 11.9. The Kier molecular flexibility index (Phi) is 4.49. The van der Waals surface area contributed by atoms with Crippen LogP contribution < -0.4 is 10.1 Å². The second-order valence-corrected chi connectivity index (χ2v) is 3.34. The molecule has 0 fully saturated rings. The third kappa shape index (κ3) is 3.51. The van der Waals surface area contributed by atoms with E-state index >= 15 is 0 Å². The fraction of sp³-hybridized carbons (Fsp3) is 0.417. The van der Waals surface area contributed by atoms with Crippen molar-refractivity contribution in [3.8, 4) is 11.8 Å². The van der Waals surface area contributed by atoms with Gasteiger partial charge in [-0.3, -0.25) is 0 Å². The lowest BCUT2D eigenvalue weighted by Gasteiger charge is -2.12. The molecule has 1 aromatic carbocycles. The van der Waals surface area contributed by atoms with E-state index in [4.69, 9.17) is 10.00 Å². The number of nitrogens with zero attached hydrogens (tertiary/aromatic N) is 1. The van der Waals surface area contributed by atoms with Crippen molar-refractivity contribution in [1.29, 1.82) is 5.26 Å². The monoisotopic (exact) mass is 204 g/mol. The van der Waals surface area contributed by atoms with Crippen LogP contribution in [0.15, 0.2) is 24.3 Å². The quantitative estimate of drug-likeness (QED) is 0.802. The van der Waals surface area contributed by atoms with Gasteiger partial charge in [0.15, 0.2) is 0 Å². The largest absolute Gasteiger partial charge is 0.492 e. The maximum atomic E-state index is 8.66. The van der Waals surface area contributed by atoms with E-state index in [1.165, 1.54) is 0 Å². The topological polar surface area (TPSA) is 45.0 Å². The molecule has 3 heteroatoms. The molecule has 1 aromatic rings. The Hall–Kier alpha value is -1.69. The molecule has 0 saturated carbocycles. The van der Waals surface area contributed by atoms with Crippen LogP contribution in [0.3, 0.4) is 0 Å². The van der Waals surface area contributed by atoms with Crippen LogP contribution in [0.4, 0.5) is 5.69 Å². The molecule has 0 aromatic heterocycles. The van der Waals surface area contributed by atoms with Gasteiger partial charge in [0.1, 0.15) is 5.75 Å². The summed E-state index contributed by atoms with van der Waals surface area (Å²) in [6.45, 7) is 5.12. The molecule has 0 aliphatic heterocycles. The number of hydrogen-bond donors (Lipinski definition) is 1. The van der Waals surface area contributed by atoms with Gasteiger partial charge in [-0.2, -0.15) is 5.26 Å². The Morgan fingerprint density at radius 3 is 2.87 bits per heavy atom. The van der Waals surface area contributed by atoms with E-state index < -0.39 is 0 Å². The lowest BCUT2D eigenvalue weighted by Crippen LogP contribution is -2.10. The molecule has 0 aliphatic rings. The first-order chi connectivity index (χ1) is 7.27. The van der Waals surface area contributed by atoms with Crippen LogP contribution in [0.1, 0.15) is 13.8 Å². The van der Waals surface area contributed by atoms with Gasteiger partial charge in [0, 0.05) is 6.54 Å². The highest BCUT2D eigenvalue weighted by molar-refractivity contribution is 5.56. The second kappa shape index (κ2) is 5.92. The Balaban J connectivity index is 2.63. The fourth-order valence-electron chi connectivity index (χ4n) is 1.20. The van der Waals surface area contributed by atoms with Gasteiger partial charge in [0.2, 0.25) is 0 Å². The first kappa shape index (κ1) is 11.4. The summed E-state index contributed by atoms with van der Waals surface area (Å²) in [6.07, 6.45) is 0. The number of nitriles is 1. The molecule has 1 rings (SSSR count). The van der Waals surface area contributed by atoms with Crippen molar-refractivity contribution in [3.05, 3.63) is 24.3 Å². The Bertz CT molecular complexity index is 344. The van der Waals surface area contributed by atoms with Gasteiger partial charge in [-0.05, 0) is 26.0 Å². The van der Waals surface area contributed by atoms with Gasteiger partial charge < -0.3 is 10.1 Å². The van der Waals surface area contributed by atoms with Gasteiger partial charge in [-0.25, -0.2) is 0 Å². The van der Waals surface area contributed by atoms with Crippen LogP contribution >= 0.6 is 0 Å². The summed E-state index contributed by atoms with van der Waals surface area (Å²) in [4.78, 5) is 0. The predicted molar refractivity (Wildman–Crippen MR) is 60.9 cm³/mol. The minimum atomic E-state index is -0.000294. The van der Waals surface area contributed by atoms with E-state index in [9.17, 15) is 0 Å². The Labute approximate surface area is 90.7 Å². The molecule has 0 amide bonds. The molecule has 1 unspecified atom stereocenters. The smallest absolute Gasteiger partial charge is 0.142 e. The number of ether oxygens (including phenoxy) is 1. The second-order valence-electron chi connectivity index (χ2n) is 3.34. The van der Waals surface area contributed by atoms with Crippen LogP contribution in [-0.2, 0) is 0 Å². The van der Waals surface area contributed by atoms with E-state index in [1.54, 1.807) is 0 Å². The van der Waals surface area contributed by atoms with E-state index in [1.807, 2.05) is 38.1 Å². The van der Waals surface area contributed by atoms with Crippen molar-refractivity contribution in [2.75, 3.05) is 18.5 Å². The number of nitrogens with one attached hydrogen (secondary N) is 1. The highest BCUT2D eigenvalue weighted by Crippen LogP contribution is 2.23.